The first kappa shape index (κ1) is 19.6. The van der Waals surface area contributed by atoms with Crippen LogP contribution in [0.2, 0.25) is 0 Å². The van der Waals surface area contributed by atoms with Crippen LogP contribution in [0.4, 0.5) is 4.79 Å². The summed E-state index contributed by atoms with van der Waals surface area (Å²) in [6, 6.07) is 10.9. The van der Waals surface area contributed by atoms with Gasteiger partial charge >= 0.3 is 6.03 Å². The lowest BCUT2D eigenvalue weighted by Gasteiger charge is -2.36. The summed E-state index contributed by atoms with van der Waals surface area (Å²) >= 11 is 0. The van der Waals surface area contributed by atoms with Gasteiger partial charge in [-0.3, -0.25) is 0 Å². The minimum Gasteiger partial charge on any atom is -0.372 e. The molecule has 0 aromatic heterocycles. The SMILES string of the molecule is CC1/C=C\C=C/CC2=CNCN2[C@@H]1CNC(=O)N1CCCC(c2ccccc2)C1. The maximum absolute atomic E-state index is 13.0. The average molecular weight is 393 g/mol. The van der Waals surface area contributed by atoms with Crippen molar-refractivity contribution in [3.8, 4) is 0 Å². The number of fused-ring (bicyclic) bond motifs is 1. The molecule has 1 saturated heterocycles. The molecule has 5 heteroatoms. The third-order valence-corrected chi connectivity index (χ3v) is 6.34. The normalized spacial score (nSPS) is 28.9. The molecular weight excluding hydrogens is 360 g/mol. The maximum atomic E-state index is 13.0. The first-order valence-electron chi connectivity index (χ1n) is 10.8. The first-order valence-corrected chi connectivity index (χ1v) is 10.8. The van der Waals surface area contributed by atoms with Crippen molar-refractivity contribution in [1.29, 1.82) is 0 Å². The Labute approximate surface area is 174 Å². The Bertz CT molecular complexity index is 785. The summed E-state index contributed by atoms with van der Waals surface area (Å²) in [5, 5.41) is 6.59. The predicted molar refractivity (Wildman–Crippen MR) is 117 cm³/mol. The monoisotopic (exact) mass is 392 g/mol. The molecule has 0 bridgehead atoms. The highest BCUT2D eigenvalue weighted by Gasteiger charge is 2.29. The van der Waals surface area contributed by atoms with Crippen molar-refractivity contribution >= 4 is 6.03 Å². The van der Waals surface area contributed by atoms with Crippen LogP contribution in [-0.2, 0) is 0 Å². The van der Waals surface area contributed by atoms with E-state index in [1.807, 2.05) is 4.90 Å². The number of nitrogens with one attached hydrogen (secondary N) is 2. The highest BCUT2D eigenvalue weighted by atomic mass is 16.2. The predicted octanol–water partition coefficient (Wildman–Crippen LogP) is 3.80. The van der Waals surface area contributed by atoms with Gasteiger partial charge in [0.1, 0.15) is 0 Å². The Morgan fingerprint density at radius 2 is 2.10 bits per heavy atom. The molecule has 0 radical (unpaired) electrons. The first-order chi connectivity index (χ1) is 14.2. The number of benzene rings is 1. The Morgan fingerprint density at radius 1 is 1.24 bits per heavy atom. The molecule has 2 amide bonds. The summed E-state index contributed by atoms with van der Waals surface area (Å²) in [6.07, 6.45) is 13.9. The molecule has 5 nitrogen and oxygen atoms in total. The number of piperidine rings is 1. The van der Waals surface area contributed by atoms with E-state index in [0.717, 1.165) is 39.0 Å². The van der Waals surface area contributed by atoms with Crippen LogP contribution < -0.4 is 10.6 Å². The van der Waals surface area contributed by atoms with Crippen LogP contribution in [0, 0.1) is 5.92 Å². The third kappa shape index (κ3) is 4.66. The molecule has 4 rings (SSSR count). The van der Waals surface area contributed by atoms with E-state index < -0.39 is 0 Å². The maximum Gasteiger partial charge on any atom is 0.317 e. The molecular formula is C24H32N4O. The second-order valence-electron chi connectivity index (χ2n) is 8.29. The lowest BCUT2D eigenvalue weighted by atomic mass is 9.91. The molecule has 3 aliphatic rings. The van der Waals surface area contributed by atoms with E-state index in [0.29, 0.717) is 18.4 Å². The van der Waals surface area contributed by atoms with Gasteiger partial charge in [0.2, 0.25) is 0 Å². The molecule has 3 atom stereocenters. The Balaban J connectivity index is 1.38. The molecule has 0 aliphatic carbocycles. The molecule has 154 valence electrons. The van der Waals surface area contributed by atoms with E-state index in [4.69, 9.17) is 0 Å². The number of rotatable bonds is 3. The Hall–Kier alpha value is -2.69. The number of carbonyl (C=O) groups excluding carboxylic acids is 1. The van der Waals surface area contributed by atoms with Gasteiger partial charge in [-0.1, -0.05) is 61.6 Å². The van der Waals surface area contributed by atoms with E-state index in [1.54, 1.807) is 0 Å². The number of amides is 2. The fraction of sp³-hybridized carbons (Fsp3) is 0.458. The van der Waals surface area contributed by atoms with Gasteiger partial charge in [-0.2, -0.15) is 0 Å². The van der Waals surface area contributed by atoms with Crippen LogP contribution in [0.3, 0.4) is 0 Å². The molecule has 1 fully saturated rings. The molecule has 2 N–H and O–H groups in total. The van der Waals surface area contributed by atoms with Crippen molar-refractivity contribution in [3.05, 3.63) is 72.1 Å². The van der Waals surface area contributed by atoms with E-state index in [-0.39, 0.29) is 12.1 Å². The summed E-state index contributed by atoms with van der Waals surface area (Å²) in [4.78, 5) is 17.4. The molecule has 1 aromatic carbocycles. The van der Waals surface area contributed by atoms with E-state index in [9.17, 15) is 4.79 Å². The van der Waals surface area contributed by atoms with Gasteiger partial charge < -0.3 is 20.4 Å². The van der Waals surface area contributed by atoms with Crippen molar-refractivity contribution < 1.29 is 4.79 Å². The van der Waals surface area contributed by atoms with Crippen molar-refractivity contribution in [2.24, 2.45) is 5.92 Å². The fourth-order valence-electron chi connectivity index (χ4n) is 4.63. The second kappa shape index (κ2) is 9.21. The van der Waals surface area contributed by atoms with Crippen LogP contribution in [0.5, 0.6) is 0 Å². The zero-order chi connectivity index (χ0) is 20.1. The van der Waals surface area contributed by atoms with Crippen LogP contribution in [0.25, 0.3) is 0 Å². The van der Waals surface area contributed by atoms with Gasteiger partial charge in [-0.25, -0.2) is 4.79 Å². The fourth-order valence-corrected chi connectivity index (χ4v) is 4.63. The summed E-state index contributed by atoms with van der Waals surface area (Å²) in [5.74, 6) is 0.783. The van der Waals surface area contributed by atoms with Gasteiger partial charge in [0, 0.05) is 43.9 Å². The van der Waals surface area contributed by atoms with Crippen LogP contribution in [0.1, 0.15) is 37.7 Å². The van der Waals surface area contributed by atoms with Crippen LogP contribution in [-0.4, -0.2) is 48.2 Å². The van der Waals surface area contributed by atoms with Crippen molar-refractivity contribution in [2.45, 2.75) is 38.1 Å². The highest BCUT2D eigenvalue weighted by molar-refractivity contribution is 5.74. The lowest BCUT2D eigenvalue weighted by Crippen LogP contribution is -2.51. The molecule has 3 heterocycles. The summed E-state index contributed by atoms with van der Waals surface area (Å²) in [5.41, 5.74) is 2.63. The lowest BCUT2D eigenvalue weighted by molar-refractivity contribution is 0.169. The van der Waals surface area contributed by atoms with E-state index in [2.05, 4.69) is 83.3 Å². The van der Waals surface area contributed by atoms with Gasteiger partial charge in [0.05, 0.1) is 12.7 Å². The van der Waals surface area contributed by atoms with E-state index in [1.165, 1.54) is 11.3 Å². The molecule has 2 unspecified atom stereocenters. The number of allylic oxidation sites excluding steroid dienone is 3. The summed E-state index contributed by atoms with van der Waals surface area (Å²) in [6.45, 7) is 5.33. The zero-order valence-electron chi connectivity index (χ0n) is 17.3. The number of hydrogen-bond donors (Lipinski definition) is 2. The zero-order valence-corrected chi connectivity index (χ0v) is 17.3. The van der Waals surface area contributed by atoms with Gasteiger partial charge in [-0.15, -0.1) is 0 Å². The largest absolute Gasteiger partial charge is 0.372 e. The number of nitrogens with zero attached hydrogens (tertiary/aromatic N) is 2. The van der Waals surface area contributed by atoms with Crippen LogP contribution >= 0.6 is 0 Å². The van der Waals surface area contributed by atoms with Crippen molar-refractivity contribution in [2.75, 3.05) is 26.3 Å². The second-order valence-corrected chi connectivity index (χ2v) is 8.29. The summed E-state index contributed by atoms with van der Waals surface area (Å²) in [7, 11) is 0. The van der Waals surface area contributed by atoms with Gasteiger partial charge in [0.15, 0.2) is 0 Å². The van der Waals surface area contributed by atoms with Crippen molar-refractivity contribution in [3.63, 3.8) is 0 Å². The number of hydrogen-bond acceptors (Lipinski definition) is 3. The minimum absolute atomic E-state index is 0.0671. The molecule has 3 aliphatic heterocycles. The quantitative estimate of drug-likeness (QED) is 0.823. The molecule has 29 heavy (non-hydrogen) atoms. The highest BCUT2D eigenvalue weighted by Crippen LogP contribution is 2.27. The number of carbonyl (C=O) groups is 1. The smallest absolute Gasteiger partial charge is 0.317 e. The molecule has 0 saturated carbocycles. The van der Waals surface area contributed by atoms with Gasteiger partial charge in [0.25, 0.3) is 0 Å². The summed E-state index contributed by atoms with van der Waals surface area (Å²) < 4.78 is 0. The van der Waals surface area contributed by atoms with Crippen molar-refractivity contribution in [1.82, 2.24) is 20.4 Å². The molecule has 1 aromatic rings. The number of urea groups is 1. The minimum atomic E-state index is 0.0671. The average Bonchev–Trinajstić information content (AvgIpc) is 3.23. The van der Waals surface area contributed by atoms with Gasteiger partial charge in [-0.05, 0) is 24.3 Å². The third-order valence-electron chi connectivity index (χ3n) is 6.34. The Morgan fingerprint density at radius 3 is 2.97 bits per heavy atom. The number of likely N-dealkylation sites (tertiary alicyclic amines) is 1. The Kier molecular flexibility index (Phi) is 6.23. The molecule has 0 spiro atoms. The standard InChI is InChI=1S/C24H32N4O/c1-19-9-4-2-7-13-22-15-25-18-28(22)23(19)16-26-24(29)27-14-8-12-21(17-27)20-10-5-3-6-11-20/h2-7,9-11,15,19,21,23,25H,8,12-14,16-18H2,1H3,(H,26,29)/b7-2-,9-4-/t19?,21?,23-/m1/s1. The van der Waals surface area contributed by atoms with E-state index >= 15 is 0 Å². The van der Waals surface area contributed by atoms with Crippen LogP contribution in [0.15, 0.2) is 66.5 Å². The topological polar surface area (TPSA) is 47.6 Å².